The molecule has 1 unspecified atom stereocenters. The van der Waals surface area contributed by atoms with Gasteiger partial charge in [0.25, 0.3) is 11.8 Å². The first kappa shape index (κ1) is 20.1. The summed E-state index contributed by atoms with van der Waals surface area (Å²) in [5.74, 6) is 1.44. The lowest BCUT2D eigenvalue weighted by atomic mass is 10.1. The lowest BCUT2D eigenvalue weighted by molar-refractivity contribution is -0.0370. The van der Waals surface area contributed by atoms with E-state index < -0.39 is 6.10 Å². The first-order valence-corrected chi connectivity index (χ1v) is 9.93. The van der Waals surface area contributed by atoms with E-state index in [-0.39, 0.29) is 5.91 Å². The van der Waals surface area contributed by atoms with Gasteiger partial charge in [0.05, 0.1) is 26.0 Å². The highest BCUT2D eigenvalue weighted by Gasteiger charge is 2.32. The zero-order valence-electron chi connectivity index (χ0n) is 17.6. The Morgan fingerprint density at radius 2 is 2.20 bits per heavy atom. The fourth-order valence-electron chi connectivity index (χ4n) is 3.70. The van der Waals surface area contributed by atoms with Crippen molar-refractivity contribution in [1.29, 1.82) is 0 Å². The van der Waals surface area contributed by atoms with Crippen molar-refractivity contribution in [1.82, 2.24) is 24.8 Å². The Hall–Kier alpha value is -3.20. The molecule has 0 aliphatic carbocycles. The smallest absolute Gasteiger partial charge is 0.272 e. The first-order valence-electron chi connectivity index (χ1n) is 9.93. The number of aryl methyl sites for hydroxylation is 2. The minimum absolute atomic E-state index is 0.0666. The molecule has 9 nitrogen and oxygen atoms in total. The number of ether oxygens (including phenoxy) is 2. The molecule has 0 saturated carbocycles. The van der Waals surface area contributed by atoms with Crippen molar-refractivity contribution in [2.45, 2.75) is 26.4 Å². The second-order valence-corrected chi connectivity index (χ2v) is 7.20. The van der Waals surface area contributed by atoms with Crippen LogP contribution in [-0.2, 0) is 18.2 Å². The van der Waals surface area contributed by atoms with E-state index in [0.29, 0.717) is 42.9 Å². The van der Waals surface area contributed by atoms with Gasteiger partial charge in [-0.2, -0.15) is 10.1 Å². The molecule has 3 heterocycles. The van der Waals surface area contributed by atoms with E-state index in [4.69, 9.17) is 14.0 Å². The standard InChI is InChI=1S/C21H25N5O4/c1-5-16-13(2)18(25(3)23-16)21(27)26-9-10-29-17(12-26)20-22-19(24-30-20)14-7-6-8-15(11-14)28-4/h6-8,11,17H,5,9-10,12H2,1-4H3. The maximum Gasteiger partial charge on any atom is 0.272 e. The number of methoxy groups -OCH3 is 1. The fourth-order valence-corrected chi connectivity index (χ4v) is 3.70. The molecule has 1 aliphatic heterocycles. The summed E-state index contributed by atoms with van der Waals surface area (Å²) in [5.41, 5.74) is 3.25. The van der Waals surface area contributed by atoms with Gasteiger partial charge in [0.2, 0.25) is 5.82 Å². The Labute approximate surface area is 174 Å². The highest BCUT2D eigenvalue weighted by molar-refractivity contribution is 5.94. The first-order chi connectivity index (χ1) is 14.5. The summed E-state index contributed by atoms with van der Waals surface area (Å²) >= 11 is 0. The van der Waals surface area contributed by atoms with Crippen molar-refractivity contribution >= 4 is 5.91 Å². The Balaban J connectivity index is 1.53. The third kappa shape index (κ3) is 3.68. The number of amides is 1. The molecule has 0 radical (unpaired) electrons. The van der Waals surface area contributed by atoms with Crippen LogP contribution in [0.25, 0.3) is 11.4 Å². The number of morpholine rings is 1. The van der Waals surface area contributed by atoms with E-state index in [0.717, 1.165) is 23.2 Å². The number of carbonyl (C=O) groups excluding carboxylic acids is 1. The minimum Gasteiger partial charge on any atom is -0.497 e. The Kier molecular flexibility index (Phi) is 5.54. The monoisotopic (exact) mass is 411 g/mol. The summed E-state index contributed by atoms with van der Waals surface area (Å²) in [4.78, 5) is 19.4. The number of aromatic nitrogens is 4. The van der Waals surface area contributed by atoms with E-state index >= 15 is 0 Å². The van der Waals surface area contributed by atoms with Crippen LogP contribution < -0.4 is 4.74 Å². The van der Waals surface area contributed by atoms with Crippen LogP contribution in [0, 0.1) is 6.92 Å². The van der Waals surface area contributed by atoms with Gasteiger partial charge in [-0.15, -0.1) is 0 Å². The summed E-state index contributed by atoms with van der Waals surface area (Å²) < 4.78 is 18.2. The highest BCUT2D eigenvalue weighted by Crippen LogP contribution is 2.27. The van der Waals surface area contributed by atoms with Crippen molar-refractivity contribution in [3.63, 3.8) is 0 Å². The normalized spacial score (nSPS) is 16.7. The summed E-state index contributed by atoms with van der Waals surface area (Å²) in [6.45, 7) is 5.20. The molecule has 0 N–H and O–H groups in total. The molecule has 1 fully saturated rings. The van der Waals surface area contributed by atoms with Gasteiger partial charge in [0, 0.05) is 24.7 Å². The molecule has 1 aromatic carbocycles. The molecule has 2 aromatic heterocycles. The van der Waals surface area contributed by atoms with Crippen LogP contribution in [0.5, 0.6) is 5.75 Å². The number of nitrogens with zero attached hydrogens (tertiary/aromatic N) is 5. The van der Waals surface area contributed by atoms with Crippen LogP contribution in [0.15, 0.2) is 28.8 Å². The molecule has 1 atom stereocenters. The van der Waals surface area contributed by atoms with Crippen LogP contribution in [-0.4, -0.2) is 57.5 Å². The number of carbonyl (C=O) groups is 1. The number of hydrogen-bond acceptors (Lipinski definition) is 7. The van der Waals surface area contributed by atoms with Gasteiger partial charge in [0.1, 0.15) is 11.4 Å². The average Bonchev–Trinajstić information content (AvgIpc) is 3.38. The molecular formula is C21H25N5O4. The third-order valence-electron chi connectivity index (χ3n) is 5.32. The van der Waals surface area contributed by atoms with E-state index in [1.807, 2.05) is 38.1 Å². The lowest BCUT2D eigenvalue weighted by Gasteiger charge is -2.31. The molecule has 3 aromatic rings. The van der Waals surface area contributed by atoms with E-state index in [2.05, 4.69) is 15.2 Å². The van der Waals surface area contributed by atoms with Crippen LogP contribution >= 0.6 is 0 Å². The largest absolute Gasteiger partial charge is 0.497 e. The molecule has 4 rings (SSSR count). The van der Waals surface area contributed by atoms with Crippen LogP contribution in [0.4, 0.5) is 0 Å². The van der Waals surface area contributed by atoms with Gasteiger partial charge < -0.3 is 18.9 Å². The third-order valence-corrected chi connectivity index (χ3v) is 5.32. The molecule has 158 valence electrons. The number of benzene rings is 1. The summed E-state index contributed by atoms with van der Waals surface area (Å²) in [7, 11) is 3.41. The average molecular weight is 411 g/mol. The van der Waals surface area contributed by atoms with Crippen molar-refractivity contribution in [3.8, 4) is 17.1 Å². The minimum atomic E-state index is -0.478. The quantitative estimate of drug-likeness (QED) is 0.637. The van der Waals surface area contributed by atoms with Crippen molar-refractivity contribution in [2.75, 3.05) is 26.8 Å². The molecule has 0 spiro atoms. The van der Waals surface area contributed by atoms with Crippen LogP contribution in [0.1, 0.15) is 40.7 Å². The Morgan fingerprint density at radius 1 is 1.37 bits per heavy atom. The second kappa shape index (κ2) is 8.27. The molecule has 1 amide bonds. The van der Waals surface area contributed by atoms with Crippen LogP contribution in [0.2, 0.25) is 0 Å². The SMILES string of the molecule is CCc1nn(C)c(C(=O)N2CCOC(c3nc(-c4cccc(OC)c4)no3)C2)c1C. The van der Waals surface area contributed by atoms with Crippen molar-refractivity contribution in [2.24, 2.45) is 7.05 Å². The van der Waals surface area contributed by atoms with Gasteiger partial charge in [-0.1, -0.05) is 24.2 Å². The maximum atomic E-state index is 13.2. The Morgan fingerprint density at radius 3 is 2.93 bits per heavy atom. The highest BCUT2D eigenvalue weighted by atomic mass is 16.5. The van der Waals surface area contributed by atoms with E-state index in [1.54, 1.807) is 23.7 Å². The predicted octanol–water partition coefficient (Wildman–Crippen LogP) is 2.56. The molecule has 30 heavy (non-hydrogen) atoms. The zero-order valence-corrected chi connectivity index (χ0v) is 17.6. The van der Waals surface area contributed by atoms with Crippen molar-refractivity contribution < 1.29 is 18.8 Å². The van der Waals surface area contributed by atoms with Crippen LogP contribution in [0.3, 0.4) is 0 Å². The number of hydrogen-bond donors (Lipinski definition) is 0. The van der Waals surface area contributed by atoms with Gasteiger partial charge in [-0.05, 0) is 25.5 Å². The van der Waals surface area contributed by atoms with Gasteiger partial charge in [-0.25, -0.2) is 0 Å². The molecule has 0 bridgehead atoms. The number of rotatable bonds is 5. The molecular weight excluding hydrogens is 386 g/mol. The topological polar surface area (TPSA) is 95.5 Å². The van der Waals surface area contributed by atoms with E-state index in [9.17, 15) is 4.79 Å². The lowest BCUT2D eigenvalue weighted by Crippen LogP contribution is -2.43. The molecule has 1 aliphatic rings. The summed E-state index contributed by atoms with van der Waals surface area (Å²) in [5, 5.41) is 8.53. The second-order valence-electron chi connectivity index (χ2n) is 7.20. The van der Waals surface area contributed by atoms with Gasteiger partial charge >= 0.3 is 0 Å². The fraction of sp³-hybridized carbons (Fsp3) is 0.429. The molecule has 1 saturated heterocycles. The molecule has 9 heteroatoms. The van der Waals surface area contributed by atoms with Crippen molar-refractivity contribution in [3.05, 3.63) is 47.1 Å². The van der Waals surface area contributed by atoms with Gasteiger partial charge in [-0.3, -0.25) is 9.48 Å². The maximum absolute atomic E-state index is 13.2. The Bertz CT molecular complexity index is 1060. The predicted molar refractivity (Wildman–Crippen MR) is 108 cm³/mol. The van der Waals surface area contributed by atoms with Gasteiger partial charge in [0.15, 0.2) is 6.10 Å². The van der Waals surface area contributed by atoms with E-state index in [1.165, 1.54) is 0 Å². The summed E-state index contributed by atoms with van der Waals surface area (Å²) in [6.07, 6.45) is 0.307. The summed E-state index contributed by atoms with van der Waals surface area (Å²) in [6, 6.07) is 7.43. The zero-order chi connectivity index (χ0) is 21.3.